The van der Waals surface area contributed by atoms with E-state index in [-0.39, 0.29) is 0 Å². The van der Waals surface area contributed by atoms with Crippen LogP contribution in [0.15, 0.2) is 42.5 Å². The molecular weight excluding hydrogens is 270 g/mol. The Kier molecular flexibility index (Phi) is 4.79. The molecule has 2 heteroatoms. The summed E-state index contributed by atoms with van der Waals surface area (Å²) in [6, 6.07) is 15.2. The fourth-order valence-electron chi connectivity index (χ4n) is 3.29. The zero-order chi connectivity index (χ0) is 15.4. The van der Waals surface area contributed by atoms with E-state index in [0.29, 0.717) is 0 Å². The van der Waals surface area contributed by atoms with Gasteiger partial charge in [-0.05, 0) is 67.1 Å². The molecule has 0 unspecified atom stereocenters. The number of benzene rings is 2. The van der Waals surface area contributed by atoms with Gasteiger partial charge in [0.2, 0.25) is 0 Å². The van der Waals surface area contributed by atoms with Crippen LogP contribution in [0.25, 0.3) is 0 Å². The molecule has 1 aliphatic heterocycles. The number of hydrogen-bond acceptors (Lipinski definition) is 2. The molecule has 3 rings (SSSR count). The third kappa shape index (κ3) is 3.50. The lowest BCUT2D eigenvalue weighted by Gasteiger charge is -2.29. The molecular formula is C20H25NO. The Bertz CT molecular complexity index is 618. The first-order chi connectivity index (χ1) is 10.8. The molecule has 0 radical (unpaired) electrons. The van der Waals surface area contributed by atoms with E-state index < -0.39 is 0 Å². The molecule has 0 saturated carbocycles. The first kappa shape index (κ1) is 15.1. The van der Waals surface area contributed by atoms with Crippen LogP contribution in [0.4, 0.5) is 0 Å². The number of aryl methyl sites for hydroxylation is 2. The Balaban J connectivity index is 1.51. The molecule has 1 aliphatic rings. The van der Waals surface area contributed by atoms with E-state index in [9.17, 15) is 0 Å². The van der Waals surface area contributed by atoms with Crippen LogP contribution in [0.2, 0.25) is 0 Å². The Morgan fingerprint density at radius 3 is 2.68 bits per heavy atom. The van der Waals surface area contributed by atoms with Crippen molar-refractivity contribution in [3.63, 3.8) is 0 Å². The molecule has 0 fully saturated rings. The van der Waals surface area contributed by atoms with E-state index in [2.05, 4.69) is 54.3 Å². The van der Waals surface area contributed by atoms with E-state index >= 15 is 0 Å². The quantitative estimate of drug-likeness (QED) is 0.827. The summed E-state index contributed by atoms with van der Waals surface area (Å²) in [6.45, 7) is 5.73. The van der Waals surface area contributed by atoms with E-state index in [4.69, 9.17) is 4.74 Å². The number of ether oxygens (including phenoxy) is 1. The summed E-state index contributed by atoms with van der Waals surface area (Å²) in [5.74, 6) is 0.937. The van der Waals surface area contributed by atoms with Gasteiger partial charge in [-0.15, -0.1) is 0 Å². The smallest absolute Gasteiger partial charge is 0.118 e. The fraction of sp³-hybridized carbons (Fsp3) is 0.400. The van der Waals surface area contributed by atoms with Crippen LogP contribution >= 0.6 is 0 Å². The average molecular weight is 295 g/mol. The van der Waals surface area contributed by atoms with Crippen LogP contribution in [-0.2, 0) is 19.4 Å². The Morgan fingerprint density at radius 2 is 1.91 bits per heavy atom. The lowest BCUT2D eigenvalue weighted by molar-refractivity contribution is 0.250. The summed E-state index contributed by atoms with van der Waals surface area (Å²) in [7, 11) is 1.71. The molecule has 0 atom stereocenters. The maximum atomic E-state index is 5.21. The minimum atomic E-state index is 0.937. The molecule has 2 nitrogen and oxygen atoms in total. The van der Waals surface area contributed by atoms with Crippen molar-refractivity contribution in [1.82, 2.24) is 4.90 Å². The van der Waals surface area contributed by atoms with E-state index in [1.807, 2.05) is 0 Å². The fourth-order valence-corrected chi connectivity index (χ4v) is 3.29. The molecule has 2 aromatic rings. The number of rotatable bonds is 5. The van der Waals surface area contributed by atoms with Crippen LogP contribution in [0.3, 0.4) is 0 Å². The summed E-state index contributed by atoms with van der Waals surface area (Å²) in [6.07, 6.45) is 3.55. The van der Waals surface area contributed by atoms with Crippen LogP contribution in [0.1, 0.15) is 28.7 Å². The van der Waals surface area contributed by atoms with Gasteiger partial charge in [-0.25, -0.2) is 0 Å². The maximum absolute atomic E-state index is 5.21. The topological polar surface area (TPSA) is 12.5 Å². The first-order valence-electron chi connectivity index (χ1n) is 8.19. The number of methoxy groups -OCH3 is 1. The van der Waals surface area contributed by atoms with Crippen molar-refractivity contribution in [2.45, 2.75) is 32.7 Å². The molecule has 0 amide bonds. The molecule has 0 aliphatic carbocycles. The largest absolute Gasteiger partial charge is 0.497 e. The molecule has 2 aromatic carbocycles. The van der Waals surface area contributed by atoms with Crippen LogP contribution in [-0.4, -0.2) is 25.1 Å². The maximum Gasteiger partial charge on any atom is 0.118 e. The van der Waals surface area contributed by atoms with Gasteiger partial charge >= 0.3 is 0 Å². The van der Waals surface area contributed by atoms with Gasteiger partial charge in [-0.2, -0.15) is 0 Å². The highest BCUT2D eigenvalue weighted by atomic mass is 16.5. The van der Waals surface area contributed by atoms with Gasteiger partial charge in [0.15, 0.2) is 0 Å². The van der Waals surface area contributed by atoms with Gasteiger partial charge in [0.1, 0.15) is 5.75 Å². The van der Waals surface area contributed by atoms with Crippen LogP contribution < -0.4 is 4.74 Å². The average Bonchev–Trinajstić information content (AvgIpc) is 2.56. The second kappa shape index (κ2) is 6.97. The van der Waals surface area contributed by atoms with Gasteiger partial charge in [0.25, 0.3) is 0 Å². The highest BCUT2D eigenvalue weighted by Gasteiger charge is 2.16. The van der Waals surface area contributed by atoms with Gasteiger partial charge in [0, 0.05) is 13.1 Å². The predicted octanol–water partition coefficient (Wildman–Crippen LogP) is 3.99. The second-order valence-corrected chi connectivity index (χ2v) is 6.19. The van der Waals surface area contributed by atoms with Crippen molar-refractivity contribution in [3.05, 3.63) is 64.7 Å². The van der Waals surface area contributed by atoms with E-state index in [1.165, 1.54) is 37.1 Å². The zero-order valence-electron chi connectivity index (χ0n) is 13.6. The Morgan fingerprint density at radius 1 is 1.09 bits per heavy atom. The normalized spacial score (nSPS) is 14.6. The van der Waals surface area contributed by atoms with Crippen molar-refractivity contribution in [2.75, 3.05) is 20.2 Å². The molecule has 0 bridgehead atoms. The molecule has 0 N–H and O–H groups in total. The lowest BCUT2D eigenvalue weighted by Crippen LogP contribution is -2.32. The van der Waals surface area contributed by atoms with Crippen LogP contribution in [0.5, 0.6) is 5.75 Å². The molecule has 116 valence electrons. The number of hydrogen-bond donors (Lipinski definition) is 0. The van der Waals surface area contributed by atoms with Gasteiger partial charge in [-0.3, -0.25) is 4.90 Å². The Labute approximate surface area is 133 Å². The third-order valence-corrected chi connectivity index (χ3v) is 4.69. The number of fused-ring (bicyclic) bond motifs is 1. The number of nitrogens with zero attached hydrogens (tertiary/aromatic N) is 1. The zero-order valence-corrected chi connectivity index (χ0v) is 13.6. The first-order valence-corrected chi connectivity index (χ1v) is 8.19. The standard InChI is InChI=1S/C20H25NO/c1-16-5-3-7-18-12-14-21(15-20(16)18)13-4-6-17-8-10-19(22-2)11-9-17/h3,5,7-11H,4,6,12-15H2,1-2H3. The minimum absolute atomic E-state index is 0.937. The summed E-state index contributed by atoms with van der Waals surface area (Å²) in [5, 5.41) is 0. The van der Waals surface area contributed by atoms with Crippen molar-refractivity contribution >= 4 is 0 Å². The third-order valence-electron chi connectivity index (χ3n) is 4.69. The van der Waals surface area contributed by atoms with Gasteiger partial charge in [-0.1, -0.05) is 30.3 Å². The summed E-state index contributed by atoms with van der Waals surface area (Å²) >= 11 is 0. The van der Waals surface area contributed by atoms with Crippen LogP contribution in [0, 0.1) is 6.92 Å². The van der Waals surface area contributed by atoms with Gasteiger partial charge in [0.05, 0.1) is 7.11 Å². The van der Waals surface area contributed by atoms with Crippen molar-refractivity contribution in [2.24, 2.45) is 0 Å². The summed E-state index contributed by atoms with van der Waals surface area (Å²) in [5.41, 5.74) is 5.94. The molecule has 22 heavy (non-hydrogen) atoms. The highest BCUT2D eigenvalue weighted by Crippen LogP contribution is 2.22. The van der Waals surface area contributed by atoms with Crippen molar-refractivity contribution in [3.8, 4) is 5.75 Å². The molecule has 0 saturated heterocycles. The Hall–Kier alpha value is -1.80. The summed E-state index contributed by atoms with van der Waals surface area (Å²) in [4.78, 5) is 2.60. The molecule has 0 aromatic heterocycles. The predicted molar refractivity (Wildman–Crippen MR) is 91.5 cm³/mol. The molecule has 1 heterocycles. The molecule has 0 spiro atoms. The van der Waals surface area contributed by atoms with E-state index in [1.54, 1.807) is 18.2 Å². The lowest BCUT2D eigenvalue weighted by atomic mass is 9.95. The van der Waals surface area contributed by atoms with Crippen molar-refractivity contribution < 1.29 is 4.74 Å². The second-order valence-electron chi connectivity index (χ2n) is 6.19. The minimum Gasteiger partial charge on any atom is -0.497 e. The highest BCUT2D eigenvalue weighted by molar-refractivity contribution is 5.36. The monoisotopic (exact) mass is 295 g/mol. The summed E-state index contributed by atoms with van der Waals surface area (Å²) < 4.78 is 5.21. The SMILES string of the molecule is COc1ccc(CCCN2CCc3cccc(C)c3C2)cc1. The van der Waals surface area contributed by atoms with E-state index in [0.717, 1.165) is 18.7 Å². The van der Waals surface area contributed by atoms with Crippen molar-refractivity contribution in [1.29, 1.82) is 0 Å². The van der Waals surface area contributed by atoms with Gasteiger partial charge < -0.3 is 4.74 Å².